The summed E-state index contributed by atoms with van der Waals surface area (Å²) in [7, 11) is 0. The lowest BCUT2D eigenvalue weighted by molar-refractivity contribution is -0.142. The van der Waals surface area contributed by atoms with Gasteiger partial charge in [0.15, 0.2) is 0 Å². The second-order valence-electron chi connectivity index (χ2n) is 6.67. The smallest absolute Gasteiger partial charge is 0.246 e. The lowest BCUT2D eigenvalue weighted by Gasteiger charge is -2.29. The third kappa shape index (κ3) is 5.82. The largest absolute Gasteiger partial charge is 0.370 e. The Morgan fingerprint density at radius 3 is 2.42 bits per heavy atom. The number of nitrogens with one attached hydrogen (secondary N) is 2. The van der Waals surface area contributed by atoms with Crippen molar-refractivity contribution in [1.82, 2.24) is 15.5 Å². The number of hydrogen-bond acceptors (Lipinski definition) is 5. The van der Waals surface area contributed by atoms with Crippen molar-refractivity contribution in [1.29, 1.82) is 0 Å². The molecule has 1 aliphatic rings. The molecule has 0 aliphatic carbocycles. The van der Waals surface area contributed by atoms with E-state index in [9.17, 15) is 24.0 Å². The van der Waals surface area contributed by atoms with Crippen LogP contribution in [0.2, 0.25) is 0 Å². The number of primary amides is 1. The van der Waals surface area contributed by atoms with Gasteiger partial charge in [0, 0.05) is 13.5 Å². The summed E-state index contributed by atoms with van der Waals surface area (Å²) in [4.78, 5) is 60.4. The van der Waals surface area contributed by atoms with Crippen LogP contribution in [-0.2, 0) is 24.0 Å². The zero-order valence-electron chi connectivity index (χ0n) is 15.5. The summed E-state index contributed by atoms with van der Waals surface area (Å²) in [6.07, 6.45) is 2.14. The molecule has 1 fully saturated rings. The molecule has 9 nitrogen and oxygen atoms in total. The predicted molar refractivity (Wildman–Crippen MR) is 93.6 cm³/mol. The van der Waals surface area contributed by atoms with E-state index in [4.69, 9.17) is 5.73 Å². The fourth-order valence-electron chi connectivity index (χ4n) is 2.97. The summed E-state index contributed by atoms with van der Waals surface area (Å²) >= 11 is 0. The second-order valence-corrected chi connectivity index (χ2v) is 6.67. The first-order valence-electron chi connectivity index (χ1n) is 8.82. The van der Waals surface area contributed by atoms with Crippen molar-refractivity contribution in [3.05, 3.63) is 0 Å². The maximum absolute atomic E-state index is 12.7. The number of amides is 4. The molecular formula is C17H28N4O5. The molecule has 0 aromatic heterocycles. The Labute approximate surface area is 153 Å². The molecular weight excluding hydrogens is 340 g/mol. The first kappa shape index (κ1) is 21.6. The normalized spacial score (nSPS) is 20.0. The molecule has 4 amide bonds. The summed E-state index contributed by atoms with van der Waals surface area (Å²) in [5.74, 6) is -2.15. The van der Waals surface area contributed by atoms with Crippen LogP contribution in [0.3, 0.4) is 0 Å². The van der Waals surface area contributed by atoms with Crippen molar-refractivity contribution in [3.8, 4) is 0 Å². The molecule has 1 heterocycles. The summed E-state index contributed by atoms with van der Waals surface area (Å²) in [5, 5.41) is 5.09. The Bertz CT molecular complexity index is 549. The van der Waals surface area contributed by atoms with Crippen LogP contribution in [-0.4, -0.2) is 59.5 Å². The van der Waals surface area contributed by atoms with Crippen molar-refractivity contribution in [2.45, 2.75) is 64.6 Å². The standard InChI is InChI=1S/C17H28N4O5/c1-4-10(2)13(9-22)20-16(25)14-6-5-7-21(14)17(26)12(8-15(18)24)19-11(3)23/h9-10,12-14H,4-8H2,1-3H3,(H2,18,24)(H,19,23)(H,20,25)/t10-,12-,13+,14-/m0/s1. The minimum absolute atomic E-state index is 0.0241. The van der Waals surface area contributed by atoms with E-state index in [1.165, 1.54) is 11.8 Å². The quantitative estimate of drug-likeness (QED) is 0.452. The monoisotopic (exact) mass is 368 g/mol. The molecule has 0 unspecified atom stereocenters. The number of likely N-dealkylation sites (tertiary alicyclic amines) is 1. The van der Waals surface area contributed by atoms with Crippen LogP contribution >= 0.6 is 0 Å². The van der Waals surface area contributed by atoms with E-state index in [2.05, 4.69) is 10.6 Å². The van der Waals surface area contributed by atoms with Crippen LogP contribution in [0.15, 0.2) is 0 Å². The molecule has 0 radical (unpaired) electrons. The first-order chi connectivity index (χ1) is 12.2. The van der Waals surface area contributed by atoms with Crippen LogP contribution < -0.4 is 16.4 Å². The zero-order valence-corrected chi connectivity index (χ0v) is 15.5. The molecule has 1 aliphatic heterocycles. The van der Waals surface area contributed by atoms with Gasteiger partial charge in [0.2, 0.25) is 23.6 Å². The number of nitrogens with zero attached hydrogens (tertiary/aromatic N) is 1. The number of aldehydes is 1. The molecule has 0 aromatic carbocycles. The zero-order chi connectivity index (χ0) is 19.9. The number of carbonyl (C=O) groups is 5. The van der Waals surface area contributed by atoms with Gasteiger partial charge in [-0.3, -0.25) is 19.2 Å². The van der Waals surface area contributed by atoms with Gasteiger partial charge in [-0.25, -0.2) is 0 Å². The van der Waals surface area contributed by atoms with Crippen molar-refractivity contribution in [2.24, 2.45) is 11.7 Å². The molecule has 4 N–H and O–H groups in total. The molecule has 4 atom stereocenters. The number of carbonyl (C=O) groups excluding carboxylic acids is 5. The summed E-state index contributed by atoms with van der Waals surface area (Å²) in [6, 6.07) is -2.46. The molecule has 9 heteroatoms. The van der Waals surface area contributed by atoms with Crippen LogP contribution in [0, 0.1) is 5.92 Å². The van der Waals surface area contributed by atoms with Crippen molar-refractivity contribution >= 4 is 29.9 Å². The molecule has 1 rings (SSSR count). The number of rotatable bonds is 9. The van der Waals surface area contributed by atoms with Crippen molar-refractivity contribution < 1.29 is 24.0 Å². The minimum Gasteiger partial charge on any atom is -0.370 e. The average molecular weight is 368 g/mol. The van der Waals surface area contributed by atoms with E-state index >= 15 is 0 Å². The van der Waals surface area contributed by atoms with Crippen molar-refractivity contribution in [3.63, 3.8) is 0 Å². The predicted octanol–water partition coefficient (Wildman–Crippen LogP) is -0.913. The lowest BCUT2D eigenvalue weighted by Crippen LogP contribution is -2.55. The Balaban J connectivity index is 2.88. The van der Waals surface area contributed by atoms with E-state index in [0.29, 0.717) is 25.7 Å². The van der Waals surface area contributed by atoms with Gasteiger partial charge in [-0.1, -0.05) is 20.3 Å². The molecule has 0 saturated carbocycles. The van der Waals surface area contributed by atoms with Gasteiger partial charge in [-0.05, 0) is 18.8 Å². The van der Waals surface area contributed by atoms with E-state index in [-0.39, 0.29) is 12.3 Å². The summed E-state index contributed by atoms with van der Waals surface area (Å²) < 4.78 is 0. The Morgan fingerprint density at radius 2 is 1.92 bits per heavy atom. The topological polar surface area (TPSA) is 139 Å². The van der Waals surface area contributed by atoms with Gasteiger partial charge >= 0.3 is 0 Å². The van der Waals surface area contributed by atoms with Crippen LogP contribution in [0.5, 0.6) is 0 Å². The SMILES string of the molecule is CC[C@H](C)[C@@H](C=O)NC(=O)[C@@H]1CCCN1C(=O)[C@H](CC(N)=O)NC(C)=O. The maximum Gasteiger partial charge on any atom is 0.246 e. The lowest BCUT2D eigenvalue weighted by atomic mass is 10.00. The van der Waals surface area contributed by atoms with Crippen molar-refractivity contribution in [2.75, 3.05) is 6.54 Å². The molecule has 0 bridgehead atoms. The highest BCUT2D eigenvalue weighted by atomic mass is 16.2. The fraction of sp³-hybridized carbons (Fsp3) is 0.706. The molecule has 0 aromatic rings. The van der Waals surface area contributed by atoms with Crippen LogP contribution in [0.1, 0.15) is 46.5 Å². The Morgan fingerprint density at radius 1 is 1.27 bits per heavy atom. The minimum atomic E-state index is -1.10. The average Bonchev–Trinajstić information content (AvgIpc) is 3.06. The maximum atomic E-state index is 12.7. The van der Waals surface area contributed by atoms with Gasteiger partial charge in [0.25, 0.3) is 0 Å². The highest BCUT2D eigenvalue weighted by molar-refractivity contribution is 5.95. The number of nitrogens with two attached hydrogens (primary N) is 1. The van der Waals surface area contributed by atoms with Gasteiger partial charge < -0.3 is 26.1 Å². The summed E-state index contributed by atoms with van der Waals surface area (Å²) in [6.45, 7) is 5.34. The molecule has 1 saturated heterocycles. The van der Waals surface area contributed by atoms with E-state index < -0.39 is 41.8 Å². The molecule has 146 valence electrons. The highest BCUT2D eigenvalue weighted by Gasteiger charge is 2.38. The highest BCUT2D eigenvalue weighted by Crippen LogP contribution is 2.20. The Kier molecular flexibility index (Phi) is 8.21. The van der Waals surface area contributed by atoms with E-state index in [0.717, 1.165) is 6.42 Å². The van der Waals surface area contributed by atoms with Gasteiger partial charge in [0.05, 0.1) is 12.5 Å². The van der Waals surface area contributed by atoms with E-state index in [1.807, 2.05) is 13.8 Å². The van der Waals surface area contributed by atoms with Gasteiger partial charge in [-0.15, -0.1) is 0 Å². The fourth-order valence-corrected chi connectivity index (χ4v) is 2.97. The third-order valence-corrected chi connectivity index (χ3v) is 4.63. The molecule has 0 spiro atoms. The number of hydrogen-bond donors (Lipinski definition) is 3. The summed E-state index contributed by atoms with van der Waals surface area (Å²) in [5.41, 5.74) is 5.15. The van der Waals surface area contributed by atoms with E-state index in [1.54, 1.807) is 0 Å². The second kappa shape index (κ2) is 9.88. The Hall–Kier alpha value is -2.45. The van der Waals surface area contributed by atoms with Crippen LogP contribution in [0.25, 0.3) is 0 Å². The third-order valence-electron chi connectivity index (χ3n) is 4.63. The van der Waals surface area contributed by atoms with Crippen LogP contribution in [0.4, 0.5) is 0 Å². The van der Waals surface area contributed by atoms with Gasteiger partial charge in [0.1, 0.15) is 18.4 Å². The first-order valence-corrected chi connectivity index (χ1v) is 8.82. The van der Waals surface area contributed by atoms with Gasteiger partial charge in [-0.2, -0.15) is 0 Å². The molecule has 26 heavy (non-hydrogen) atoms.